The first-order valence-electron chi connectivity index (χ1n) is 10.8. The molecule has 2 aromatic heterocycles. The molecule has 1 aliphatic rings. The topological polar surface area (TPSA) is 74.3 Å². The highest BCUT2D eigenvalue weighted by molar-refractivity contribution is 7.70. The molecule has 4 aromatic rings. The van der Waals surface area contributed by atoms with Crippen molar-refractivity contribution in [3.63, 3.8) is 0 Å². The molecule has 33 heavy (non-hydrogen) atoms. The summed E-state index contributed by atoms with van der Waals surface area (Å²) < 4.78 is 14.3. The lowest BCUT2D eigenvalue weighted by atomic mass is 10.0. The molecule has 1 unspecified atom stereocenters. The first-order valence-corrected chi connectivity index (χ1v) is 13.8. The third kappa shape index (κ3) is 4.04. The summed E-state index contributed by atoms with van der Waals surface area (Å²) in [5, 5.41) is 15.4. The van der Waals surface area contributed by atoms with Crippen LogP contribution in [0.15, 0.2) is 60.9 Å². The molecule has 166 valence electrons. The molecule has 3 heterocycles. The Bertz CT molecular complexity index is 1450. The fourth-order valence-corrected chi connectivity index (χ4v) is 5.91. The van der Waals surface area contributed by atoms with Crippen LogP contribution in [0.4, 0.5) is 5.82 Å². The molecule has 1 saturated heterocycles. The lowest BCUT2D eigenvalue weighted by Crippen LogP contribution is -2.23. The van der Waals surface area contributed by atoms with Crippen molar-refractivity contribution in [1.82, 2.24) is 14.6 Å². The third-order valence-corrected chi connectivity index (χ3v) is 7.93. The second-order valence-electron chi connectivity index (χ2n) is 8.71. The van der Waals surface area contributed by atoms with E-state index in [1.54, 1.807) is 36.2 Å². The summed E-state index contributed by atoms with van der Waals surface area (Å²) in [4.78, 5) is 7.29. The molecule has 0 radical (unpaired) electrons. The second-order valence-corrected chi connectivity index (χ2v) is 12.3. The SMILES string of the molecule is CP(C)(=O)c1ccc(-c2cnn3ccc(N4CCCC4c4cccc(Cl)c4)nc23)cc1C#N. The van der Waals surface area contributed by atoms with Gasteiger partial charge in [-0.3, -0.25) is 0 Å². The molecule has 1 aliphatic heterocycles. The Labute approximate surface area is 197 Å². The van der Waals surface area contributed by atoms with Gasteiger partial charge in [0.25, 0.3) is 0 Å². The smallest absolute Gasteiger partial charge is 0.165 e. The number of hydrogen-bond donors (Lipinski definition) is 0. The molecule has 0 aliphatic carbocycles. The molecular weight excluding hydrogens is 453 g/mol. The molecule has 0 amide bonds. The van der Waals surface area contributed by atoms with Gasteiger partial charge in [0.05, 0.1) is 23.9 Å². The molecule has 2 aromatic carbocycles. The van der Waals surface area contributed by atoms with Crippen LogP contribution in [0.25, 0.3) is 16.8 Å². The number of nitrogens with zero attached hydrogens (tertiary/aromatic N) is 5. The number of aromatic nitrogens is 3. The van der Waals surface area contributed by atoms with Crippen LogP contribution in [-0.2, 0) is 4.57 Å². The second kappa shape index (κ2) is 8.33. The van der Waals surface area contributed by atoms with Gasteiger partial charge >= 0.3 is 0 Å². The Morgan fingerprint density at radius 2 is 2.03 bits per heavy atom. The molecule has 5 rings (SSSR count). The molecular formula is C25H23ClN5OP. The van der Waals surface area contributed by atoms with Gasteiger partial charge < -0.3 is 9.46 Å². The molecule has 8 heteroatoms. The van der Waals surface area contributed by atoms with Gasteiger partial charge in [-0.2, -0.15) is 10.4 Å². The van der Waals surface area contributed by atoms with E-state index >= 15 is 0 Å². The first kappa shape index (κ1) is 21.7. The van der Waals surface area contributed by atoms with E-state index in [2.05, 4.69) is 22.1 Å². The van der Waals surface area contributed by atoms with Crippen molar-refractivity contribution in [3.8, 4) is 17.2 Å². The van der Waals surface area contributed by atoms with E-state index < -0.39 is 7.14 Å². The molecule has 0 spiro atoms. The number of anilines is 1. The summed E-state index contributed by atoms with van der Waals surface area (Å²) in [5.74, 6) is 0.885. The van der Waals surface area contributed by atoms with Gasteiger partial charge in [-0.15, -0.1) is 0 Å². The highest BCUT2D eigenvalue weighted by atomic mass is 35.5. The van der Waals surface area contributed by atoms with Crippen LogP contribution < -0.4 is 10.2 Å². The van der Waals surface area contributed by atoms with Crippen LogP contribution in [0.2, 0.25) is 5.02 Å². The van der Waals surface area contributed by atoms with Gasteiger partial charge in [-0.25, -0.2) is 9.50 Å². The van der Waals surface area contributed by atoms with E-state index in [-0.39, 0.29) is 6.04 Å². The quantitative estimate of drug-likeness (QED) is 0.364. The summed E-state index contributed by atoms with van der Waals surface area (Å²) in [5.41, 5.74) is 4.00. The lowest BCUT2D eigenvalue weighted by Gasteiger charge is -2.26. The minimum atomic E-state index is -2.55. The van der Waals surface area contributed by atoms with Gasteiger partial charge in [0.2, 0.25) is 0 Å². The molecule has 1 atom stereocenters. The van der Waals surface area contributed by atoms with Crippen molar-refractivity contribution in [2.24, 2.45) is 0 Å². The molecule has 6 nitrogen and oxygen atoms in total. The minimum absolute atomic E-state index is 0.220. The highest BCUT2D eigenvalue weighted by Gasteiger charge is 2.28. The van der Waals surface area contributed by atoms with Gasteiger partial charge in [-0.05, 0) is 67.6 Å². The van der Waals surface area contributed by atoms with Crippen molar-refractivity contribution in [2.45, 2.75) is 18.9 Å². The molecule has 0 bridgehead atoms. The Morgan fingerprint density at radius 1 is 1.18 bits per heavy atom. The summed E-state index contributed by atoms with van der Waals surface area (Å²) in [6.07, 6.45) is 5.80. The van der Waals surface area contributed by atoms with Gasteiger partial charge in [-0.1, -0.05) is 29.8 Å². The zero-order chi connectivity index (χ0) is 23.2. The predicted molar refractivity (Wildman–Crippen MR) is 133 cm³/mol. The van der Waals surface area contributed by atoms with Crippen LogP contribution in [0.3, 0.4) is 0 Å². The molecule has 0 saturated carbocycles. The monoisotopic (exact) mass is 475 g/mol. The zero-order valence-corrected chi connectivity index (χ0v) is 20.1. The van der Waals surface area contributed by atoms with Crippen molar-refractivity contribution in [3.05, 3.63) is 77.1 Å². The fraction of sp³-hybridized carbons (Fsp3) is 0.240. The van der Waals surface area contributed by atoms with E-state index in [1.165, 1.54) is 5.56 Å². The average molecular weight is 476 g/mol. The van der Waals surface area contributed by atoms with E-state index in [1.807, 2.05) is 36.5 Å². The summed E-state index contributed by atoms with van der Waals surface area (Å²) in [6.45, 7) is 4.27. The van der Waals surface area contributed by atoms with Crippen LogP contribution in [0, 0.1) is 11.3 Å². The van der Waals surface area contributed by atoms with Crippen molar-refractivity contribution in [1.29, 1.82) is 5.26 Å². The van der Waals surface area contributed by atoms with Crippen molar-refractivity contribution in [2.75, 3.05) is 24.8 Å². The predicted octanol–water partition coefficient (Wildman–Crippen LogP) is 5.51. The van der Waals surface area contributed by atoms with Crippen LogP contribution in [0.5, 0.6) is 0 Å². The number of fused-ring (bicyclic) bond motifs is 1. The standard InChI is InChI=1S/C25H23ClN5OP/c1-33(2,32)23-9-8-17(13-19(23)15-27)21-16-28-31-12-10-24(29-25(21)31)30-11-4-7-22(30)18-5-3-6-20(26)14-18/h3,5-6,8-10,12-14,16,22H,4,7,11H2,1-2H3. The number of rotatable bonds is 4. The van der Waals surface area contributed by atoms with Crippen LogP contribution in [0.1, 0.15) is 30.0 Å². The van der Waals surface area contributed by atoms with Gasteiger partial charge in [0.15, 0.2) is 5.65 Å². The summed E-state index contributed by atoms with van der Waals surface area (Å²) in [7, 11) is -2.55. The van der Waals surface area contributed by atoms with E-state index in [4.69, 9.17) is 16.6 Å². The van der Waals surface area contributed by atoms with Crippen molar-refractivity contribution >= 4 is 35.5 Å². The Kier molecular flexibility index (Phi) is 5.48. The van der Waals surface area contributed by atoms with E-state index in [0.717, 1.165) is 47.0 Å². The maximum atomic E-state index is 12.6. The number of hydrogen-bond acceptors (Lipinski definition) is 5. The molecule has 0 N–H and O–H groups in total. The van der Waals surface area contributed by atoms with Crippen molar-refractivity contribution < 1.29 is 4.57 Å². The largest absolute Gasteiger partial charge is 0.349 e. The fourth-order valence-electron chi connectivity index (χ4n) is 4.59. The Hall–Kier alpha value is -3.13. The molecule has 1 fully saturated rings. The first-order chi connectivity index (χ1) is 15.8. The zero-order valence-electron chi connectivity index (χ0n) is 18.4. The van der Waals surface area contributed by atoms with Gasteiger partial charge in [0, 0.05) is 28.6 Å². The Balaban J connectivity index is 1.56. The number of nitriles is 1. The highest BCUT2D eigenvalue weighted by Crippen LogP contribution is 2.38. The number of halogens is 1. The number of benzene rings is 2. The van der Waals surface area contributed by atoms with E-state index in [0.29, 0.717) is 10.9 Å². The average Bonchev–Trinajstić information content (AvgIpc) is 3.45. The van der Waals surface area contributed by atoms with Gasteiger partial charge in [0.1, 0.15) is 13.0 Å². The maximum absolute atomic E-state index is 12.6. The summed E-state index contributed by atoms with van der Waals surface area (Å²) >= 11 is 6.25. The normalized spacial score (nSPS) is 16.3. The Morgan fingerprint density at radius 3 is 2.79 bits per heavy atom. The third-order valence-electron chi connectivity index (χ3n) is 6.14. The maximum Gasteiger partial charge on any atom is 0.165 e. The summed E-state index contributed by atoms with van der Waals surface area (Å²) in [6, 6.07) is 17.9. The van der Waals surface area contributed by atoms with E-state index in [9.17, 15) is 9.83 Å². The van der Waals surface area contributed by atoms with Crippen LogP contribution >= 0.6 is 18.7 Å². The van der Waals surface area contributed by atoms with Crippen LogP contribution in [-0.4, -0.2) is 34.5 Å². The lowest BCUT2D eigenvalue weighted by molar-refractivity contribution is 0.588. The minimum Gasteiger partial charge on any atom is -0.349 e.